The molecule has 4 rings (SSSR count). The van der Waals surface area contributed by atoms with Gasteiger partial charge in [0.05, 0.1) is 23.4 Å². The molecule has 11 heteroatoms. The number of carbonyl (C=O) groups is 4. The highest BCUT2D eigenvalue weighted by atomic mass is 16.7. The van der Waals surface area contributed by atoms with Crippen LogP contribution in [0.2, 0.25) is 0 Å². The number of nitrogens with zero attached hydrogens (tertiary/aromatic N) is 2. The number of hydrogen-bond acceptors (Lipinski definition) is 9. The number of fused-ring (bicyclic) bond motifs is 1. The highest BCUT2D eigenvalue weighted by Gasteiger charge is 2.45. The van der Waals surface area contributed by atoms with E-state index in [-0.39, 0.29) is 25.4 Å². The van der Waals surface area contributed by atoms with Crippen molar-refractivity contribution in [3.8, 4) is 0 Å². The molecule has 0 bridgehead atoms. The third-order valence-electron chi connectivity index (χ3n) is 6.83. The van der Waals surface area contributed by atoms with Crippen molar-refractivity contribution in [1.82, 2.24) is 15.1 Å². The van der Waals surface area contributed by atoms with Gasteiger partial charge in [0.15, 0.2) is 6.73 Å². The Labute approximate surface area is 204 Å². The number of ether oxygens (including phenoxy) is 4. The Balaban J connectivity index is 1.33. The van der Waals surface area contributed by atoms with Crippen LogP contribution < -0.4 is 5.32 Å². The zero-order chi connectivity index (χ0) is 25.4. The first-order valence-electron chi connectivity index (χ1n) is 11.9. The van der Waals surface area contributed by atoms with Crippen LogP contribution in [-0.2, 0) is 33.3 Å². The Morgan fingerprint density at radius 2 is 1.97 bits per heavy atom. The molecule has 4 aliphatic heterocycles. The van der Waals surface area contributed by atoms with Gasteiger partial charge in [0.1, 0.15) is 18.8 Å². The number of imide groups is 1. The first kappa shape index (κ1) is 25.2. The summed E-state index contributed by atoms with van der Waals surface area (Å²) in [5, 5.41) is 2.99. The minimum Gasteiger partial charge on any atom is -0.431 e. The zero-order valence-electron chi connectivity index (χ0n) is 20.6. The fraction of sp³-hybridized carbons (Fsp3) is 0.667. The van der Waals surface area contributed by atoms with E-state index in [1.165, 1.54) is 4.90 Å². The van der Waals surface area contributed by atoms with Gasteiger partial charge in [0.25, 0.3) is 11.8 Å². The highest BCUT2D eigenvalue weighted by molar-refractivity contribution is 6.07. The van der Waals surface area contributed by atoms with Gasteiger partial charge < -0.3 is 29.2 Å². The predicted molar refractivity (Wildman–Crippen MR) is 122 cm³/mol. The lowest BCUT2D eigenvalue weighted by molar-refractivity contribution is -0.162. The molecule has 0 spiro atoms. The number of amides is 3. The monoisotopic (exact) mass is 491 g/mol. The minimum absolute atomic E-state index is 0.0610. The van der Waals surface area contributed by atoms with E-state index in [0.29, 0.717) is 31.7 Å². The Morgan fingerprint density at radius 1 is 1.20 bits per heavy atom. The van der Waals surface area contributed by atoms with E-state index in [9.17, 15) is 19.2 Å². The van der Waals surface area contributed by atoms with E-state index in [2.05, 4.69) is 5.32 Å². The molecule has 1 N–H and O–H groups in total. The fourth-order valence-electron chi connectivity index (χ4n) is 4.58. The van der Waals surface area contributed by atoms with Crippen LogP contribution in [0.15, 0.2) is 23.4 Å². The van der Waals surface area contributed by atoms with Gasteiger partial charge >= 0.3 is 6.16 Å². The summed E-state index contributed by atoms with van der Waals surface area (Å²) in [5.41, 5.74) is 0.267. The van der Waals surface area contributed by atoms with Gasteiger partial charge in [0, 0.05) is 25.7 Å². The molecule has 2 atom stereocenters. The van der Waals surface area contributed by atoms with Gasteiger partial charge in [-0.15, -0.1) is 0 Å². The van der Waals surface area contributed by atoms with Gasteiger partial charge in [-0.2, -0.15) is 0 Å². The lowest BCUT2D eigenvalue weighted by Gasteiger charge is -2.35. The van der Waals surface area contributed by atoms with Crippen LogP contribution in [0, 0.1) is 0 Å². The van der Waals surface area contributed by atoms with E-state index < -0.39 is 48.0 Å². The molecule has 0 aromatic rings. The Morgan fingerprint density at radius 3 is 2.71 bits per heavy atom. The van der Waals surface area contributed by atoms with E-state index in [1.807, 2.05) is 33.8 Å². The van der Waals surface area contributed by atoms with Crippen molar-refractivity contribution in [3.05, 3.63) is 23.4 Å². The summed E-state index contributed by atoms with van der Waals surface area (Å²) in [6, 6.07) is -0.799. The molecule has 0 radical (unpaired) electrons. The lowest BCUT2D eigenvalue weighted by Crippen LogP contribution is -2.55. The molecule has 3 amide bonds. The molecular weight excluding hydrogens is 458 g/mol. The molecule has 3 fully saturated rings. The SMILES string of the molecule is CC1(C)CCOC(C)(C)C(COC(=O)OCN2C(=O)CCC(N3CC4=CCNC=C4C3=O)C2=O)O1. The van der Waals surface area contributed by atoms with Gasteiger partial charge in [0.2, 0.25) is 5.91 Å². The lowest BCUT2D eigenvalue weighted by atomic mass is 10.0. The number of likely N-dealkylation sites (tertiary alicyclic amines) is 2. The zero-order valence-corrected chi connectivity index (χ0v) is 20.6. The number of nitrogens with one attached hydrogen (secondary N) is 1. The molecule has 192 valence electrons. The summed E-state index contributed by atoms with van der Waals surface area (Å²) in [6.07, 6.45) is 2.99. The quantitative estimate of drug-likeness (QED) is 0.447. The van der Waals surface area contributed by atoms with E-state index in [4.69, 9.17) is 18.9 Å². The van der Waals surface area contributed by atoms with Crippen molar-refractivity contribution in [2.75, 3.05) is 33.0 Å². The number of dihydropyridines is 1. The molecule has 4 heterocycles. The Hall–Kier alpha value is -2.92. The Kier molecular flexibility index (Phi) is 6.92. The van der Waals surface area contributed by atoms with Gasteiger partial charge in [-0.25, -0.2) is 9.69 Å². The van der Waals surface area contributed by atoms with Crippen molar-refractivity contribution >= 4 is 23.9 Å². The number of carbonyl (C=O) groups excluding carboxylic acids is 4. The van der Waals surface area contributed by atoms with Crippen molar-refractivity contribution in [2.24, 2.45) is 0 Å². The second-order valence-corrected chi connectivity index (χ2v) is 10.2. The molecule has 0 aromatic carbocycles. The van der Waals surface area contributed by atoms with Crippen LogP contribution in [0.1, 0.15) is 47.0 Å². The summed E-state index contributed by atoms with van der Waals surface area (Å²) in [4.78, 5) is 52.9. The van der Waals surface area contributed by atoms with E-state index in [1.54, 1.807) is 6.20 Å². The summed E-state index contributed by atoms with van der Waals surface area (Å²) in [5.74, 6) is -1.29. The molecule has 11 nitrogen and oxygen atoms in total. The number of rotatable bonds is 5. The fourth-order valence-corrected chi connectivity index (χ4v) is 4.58. The molecule has 3 saturated heterocycles. The predicted octanol–water partition coefficient (Wildman–Crippen LogP) is 1.23. The maximum atomic E-state index is 13.1. The maximum Gasteiger partial charge on any atom is 0.510 e. The number of hydrogen-bond donors (Lipinski definition) is 1. The normalized spacial score (nSPS) is 27.9. The van der Waals surface area contributed by atoms with Gasteiger partial charge in [-0.1, -0.05) is 6.08 Å². The topological polar surface area (TPSA) is 124 Å². The molecular formula is C24H33N3O8. The van der Waals surface area contributed by atoms with E-state index in [0.717, 1.165) is 10.5 Å². The maximum absolute atomic E-state index is 13.1. The van der Waals surface area contributed by atoms with Crippen LogP contribution in [-0.4, -0.2) is 90.1 Å². The molecule has 0 aliphatic carbocycles. The van der Waals surface area contributed by atoms with Crippen molar-refractivity contribution in [1.29, 1.82) is 0 Å². The van der Waals surface area contributed by atoms with Gasteiger partial charge in [-0.3, -0.25) is 14.4 Å². The third-order valence-corrected chi connectivity index (χ3v) is 6.83. The number of piperidine rings is 1. The second kappa shape index (κ2) is 9.62. The average Bonchev–Trinajstić information content (AvgIpc) is 3.07. The standard InChI is InChI=1S/C24H33N3O8/c1-23(2)8-10-34-24(3,4)18(35-23)13-32-22(31)33-14-27-19(28)6-5-17(21(27)30)26-12-15-7-9-25-11-16(15)20(26)29/h7,11,17-18,25H,5-6,8-10,12-14H2,1-4H3. The summed E-state index contributed by atoms with van der Waals surface area (Å²) < 4.78 is 22.3. The first-order chi connectivity index (χ1) is 16.5. The molecule has 2 unspecified atom stereocenters. The highest BCUT2D eigenvalue weighted by Crippen LogP contribution is 2.31. The largest absolute Gasteiger partial charge is 0.510 e. The third kappa shape index (κ3) is 5.35. The second-order valence-electron chi connectivity index (χ2n) is 10.2. The Bertz CT molecular complexity index is 970. The van der Waals surface area contributed by atoms with Crippen molar-refractivity contribution in [3.63, 3.8) is 0 Å². The van der Waals surface area contributed by atoms with Crippen LogP contribution in [0.5, 0.6) is 0 Å². The molecule has 4 aliphatic rings. The molecule has 0 aromatic heterocycles. The first-order valence-corrected chi connectivity index (χ1v) is 11.9. The van der Waals surface area contributed by atoms with Gasteiger partial charge in [-0.05, 0) is 46.1 Å². The minimum atomic E-state index is -1.03. The van der Waals surface area contributed by atoms with Crippen LogP contribution in [0.3, 0.4) is 0 Å². The summed E-state index contributed by atoms with van der Waals surface area (Å²) in [7, 11) is 0. The summed E-state index contributed by atoms with van der Waals surface area (Å²) >= 11 is 0. The van der Waals surface area contributed by atoms with Crippen molar-refractivity contribution < 1.29 is 38.1 Å². The average molecular weight is 492 g/mol. The summed E-state index contributed by atoms with van der Waals surface area (Å²) in [6.45, 7) is 8.35. The smallest absolute Gasteiger partial charge is 0.431 e. The molecule has 35 heavy (non-hydrogen) atoms. The molecule has 0 saturated carbocycles. The van der Waals surface area contributed by atoms with Crippen LogP contribution in [0.4, 0.5) is 4.79 Å². The van der Waals surface area contributed by atoms with E-state index >= 15 is 0 Å². The van der Waals surface area contributed by atoms with Crippen LogP contribution >= 0.6 is 0 Å². The van der Waals surface area contributed by atoms with Crippen LogP contribution in [0.25, 0.3) is 0 Å². The van der Waals surface area contributed by atoms with Crippen molar-refractivity contribution in [2.45, 2.75) is 70.3 Å².